The van der Waals surface area contributed by atoms with E-state index in [0.717, 1.165) is 31.7 Å². The molecule has 0 heterocycles. The molecule has 94 valence electrons. The molecule has 0 amide bonds. The largest absolute Gasteiger partial charge is 0.399 e. The van der Waals surface area contributed by atoms with Crippen molar-refractivity contribution in [3.8, 4) is 0 Å². The minimum absolute atomic E-state index is 0.0494. The van der Waals surface area contributed by atoms with Crippen LogP contribution in [0.15, 0.2) is 23.1 Å². The number of hydrogen-bond acceptors (Lipinski definition) is 3. The third-order valence-corrected chi connectivity index (χ3v) is 5.13. The van der Waals surface area contributed by atoms with Crippen LogP contribution in [-0.4, -0.2) is 14.2 Å². The molecular weight excluding hydrogens is 241 g/mol. The summed E-state index contributed by atoms with van der Waals surface area (Å²) in [5, 5.41) is 0. The highest BCUT2D eigenvalue weighted by atomic mass is 32.2. The van der Waals surface area contributed by atoms with Crippen molar-refractivity contribution in [2.75, 3.05) is 11.5 Å². The Labute approximate surface area is 101 Å². The smallest absolute Gasteiger partial charge is 0.181 e. The zero-order valence-corrected chi connectivity index (χ0v) is 10.3. The Kier molecular flexibility index (Phi) is 3.38. The van der Waals surface area contributed by atoms with Crippen LogP contribution in [0.4, 0.5) is 10.1 Å². The molecule has 1 aromatic carbocycles. The number of nitrogens with two attached hydrogens (primary N) is 1. The molecule has 0 spiro atoms. The monoisotopic (exact) mass is 257 g/mol. The summed E-state index contributed by atoms with van der Waals surface area (Å²) in [7, 11) is -3.52. The van der Waals surface area contributed by atoms with Crippen LogP contribution in [0.2, 0.25) is 0 Å². The maximum absolute atomic E-state index is 13.6. The molecule has 1 aliphatic rings. The van der Waals surface area contributed by atoms with E-state index in [1.807, 2.05) is 0 Å². The SMILES string of the molecule is Nc1ccc(S(=O)(=O)CC2CCCC2)c(F)c1. The van der Waals surface area contributed by atoms with Crippen LogP contribution in [0.1, 0.15) is 25.7 Å². The lowest BCUT2D eigenvalue weighted by Crippen LogP contribution is -2.15. The highest BCUT2D eigenvalue weighted by Crippen LogP contribution is 2.29. The van der Waals surface area contributed by atoms with Crippen molar-refractivity contribution >= 4 is 15.5 Å². The first-order valence-electron chi connectivity index (χ1n) is 5.77. The second-order valence-corrected chi connectivity index (χ2v) is 6.62. The lowest BCUT2D eigenvalue weighted by Gasteiger charge is -2.10. The molecular formula is C12H16FNO2S. The van der Waals surface area contributed by atoms with Crippen molar-refractivity contribution in [1.82, 2.24) is 0 Å². The summed E-state index contributed by atoms with van der Waals surface area (Å²) < 4.78 is 37.6. The molecule has 0 radical (unpaired) electrons. The Hall–Kier alpha value is -1.10. The van der Waals surface area contributed by atoms with Gasteiger partial charge < -0.3 is 5.73 Å². The molecule has 2 rings (SSSR count). The van der Waals surface area contributed by atoms with Crippen LogP contribution in [0.5, 0.6) is 0 Å². The quantitative estimate of drug-likeness (QED) is 0.846. The number of benzene rings is 1. The molecule has 5 heteroatoms. The lowest BCUT2D eigenvalue weighted by molar-refractivity contribution is 0.544. The van der Waals surface area contributed by atoms with Crippen LogP contribution >= 0.6 is 0 Å². The van der Waals surface area contributed by atoms with Gasteiger partial charge in [-0.2, -0.15) is 0 Å². The second-order valence-electron chi connectivity index (χ2n) is 4.62. The fourth-order valence-corrected chi connectivity index (χ4v) is 4.11. The van der Waals surface area contributed by atoms with Gasteiger partial charge in [0.1, 0.15) is 10.7 Å². The Balaban J connectivity index is 2.24. The lowest BCUT2D eigenvalue weighted by atomic mass is 10.1. The first-order valence-corrected chi connectivity index (χ1v) is 7.42. The molecule has 3 nitrogen and oxygen atoms in total. The van der Waals surface area contributed by atoms with E-state index in [1.165, 1.54) is 12.1 Å². The Morgan fingerprint density at radius 1 is 1.29 bits per heavy atom. The van der Waals surface area contributed by atoms with Gasteiger partial charge in [0.2, 0.25) is 0 Å². The van der Waals surface area contributed by atoms with Crippen LogP contribution < -0.4 is 5.73 Å². The molecule has 2 N–H and O–H groups in total. The molecule has 17 heavy (non-hydrogen) atoms. The third kappa shape index (κ3) is 2.77. The molecule has 1 saturated carbocycles. The highest BCUT2D eigenvalue weighted by Gasteiger charge is 2.26. The van der Waals surface area contributed by atoms with Crippen molar-refractivity contribution < 1.29 is 12.8 Å². The molecule has 1 aromatic rings. The summed E-state index contributed by atoms with van der Waals surface area (Å²) in [5.74, 6) is -0.520. The molecule has 0 unspecified atom stereocenters. The zero-order chi connectivity index (χ0) is 12.5. The fraction of sp³-hybridized carbons (Fsp3) is 0.500. The molecule has 0 aromatic heterocycles. The number of nitrogen functional groups attached to an aromatic ring is 1. The summed E-state index contributed by atoms with van der Waals surface area (Å²) in [6, 6.07) is 3.74. The summed E-state index contributed by atoms with van der Waals surface area (Å²) >= 11 is 0. The van der Waals surface area contributed by atoms with Crippen LogP contribution in [0, 0.1) is 11.7 Å². The van der Waals surface area contributed by atoms with Gasteiger partial charge in [0.25, 0.3) is 0 Å². The average molecular weight is 257 g/mol. The predicted molar refractivity (Wildman–Crippen MR) is 64.8 cm³/mol. The maximum Gasteiger partial charge on any atom is 0.181 e. The molecule has 0 saturated heterocycles. The number of halogens is 1. The van der Waals surface area contributed by atoms with E-state index < -0.39 is 15.7 Å². The minimum Gasteiger partial charge on any atom is -0.399 e. The summed E-state index contributed by atoms with van der Waals surface area (Å²) in [6.45, 7) is 0. The number of rotatable bonds is 3. The summed E-state index contributed by atoms with van der Waals surface area (Å²) in [6.07, 6.45) is 4.00. The van der Waals surface area contributed by atoms with E-state index in [1.54, 1.807) is 0 Å². The van der Waals surface area contributed by atoms with Gasteiger partial charge in [0, 0.05) is 5.69 Å². The van der Waals surface area contributed by atoms with E-state index in [4.69, 9.17) is 5.73 Å². The Bertz CT molecular complexity index is 507. The first kappa shape index (κ1) is 12.4. The van der Waals surface area contributed by atoms with Crippen LogP contribution in [-0.2, 0) is 9.84 Å². The molecule has 1 aliphatic carbocycles. The van der Waals surface area contributed by atoms with Gasteiger partial charge in [0.15, 0.2) is 9.84 Å². The number of hydrogen-bond donors (Lipinski definition) is 1. The van der Waals surface area contributed by atoms with E-state index in [0.29, 0.717) is 0 Å². The first-order chi connectivity index (χ1) is 7.99. The Morgan fingerprint density at radius 2 is 1.94 bits per heavy atom. The topological polar surface area (TPSA) is 60.2 Å². The van der Waals surface area contributed by atoms with E-state index in [9.17, 15) is 12.8 Å². The zero-order valence-electron chi connectivity index (χ0n) is 9.52. The van der Waals surface area contributed by atoms with Gasteiger partial charge in [-0.15, -0.1) is 0 Å². The van der Waals surface area contributed by atoms with E-state index in [2.05, 4.69) is 0 Å². The van der Waals surface area contributed by atoms with Gasteiger partial charge in [-0.1, -0.05) is 12.8 Å². The number of sulfone groups is 1. The molecule has 0 bridgehead atoms. The summed E-state index contributed by atoms with van der Waals surface area (Å²) in [5.41, 5.74) is 5.64. The van der Waals surface area contributed by atoms with Crippen molar-refractivity contribution in [3.63, 3.8) is 0 Å². The normalized spacial score (nSPS) is 17.5. The van der Waals surface area contributed by atoms with Gasteiger partial charge in [-0.25, -0.2) is 12.8 Å². The van der Waals surface area contributed by atoms with Crippen molar-refractivity contribution in [2.45, 2.75) is 30.6 Å². The molecule has 0 aliphatic heterocycles. The highest BCUT2D eigenvalue weighted by molar-refractivity contribution is 7.91. The molecule has 1 fully saturated rings. The minimum atomic E-state index is -3.52. The summed E-state index contributed by atoms with van der Waals surface area (Å²) in [4.78, 5) is -0.224. The second kappa shape index (κ2) is 4.64. The third-order valence-electron chi connectivity index (χ3n) is 3.22. The van der Waals surface area contributed by atoms with E-state index >= 15 is 0 Å². The number of anilines is 1. The van der Waals surface area contributed by atoms with E-state index in [-0.39, 0.29) is 22.3 Å². The van der Waals surface area contributed by atoms with Crippen molar-refractivity contribution in [3.05, 3.63) is 24.0 Å². The van der Waals surface area contributed by atoms with Gasteiger partial charge in [-0.05, 0) is 37.0 Å². The van der Waals surface area contributed by atoms with Crippen molar-refractivity contribution in [2.24, 2.45) is 5.92 Å². The molecule has 0 atom stereocenters. The average Bonchev–Trinajstić information content (AvgIpc) is 2.68. The van der Waals surface area contributed by atoms with Gasteiger partial charge >= 0.3 is 0 Å². The fourth-order valence-electron chi connectivity index (χ4n) is 2.35. The maximum atomic E-state index is 13.6. The van der Waals surface area contributed by atoms with Gasteiger partial charge in [0.05, 0.1) is 5.75 Å². The van der Waals surface area contributed by atoms with Crippen LogP contribution in [0.3, 0.4) is 0 Å². The van der Waals surface area contributed by atoms with Crippen molar-refractivity contribution in [1.29, 1.82) is 0 Å². The predicted octanol–water partition coefficient (Wildman–Crippen LogP) is 2.37. The standard InChI is InChI=1S/C12H16FNO2S/c13-11-7-10(14)5-6-12(11)17(15,16)8-9-3-1-2-4-9/h5-7,9H,1-4,8,14H2. The Morgan fingerprint density at radius 3 is 2.53 bits per heavy atom. The van der Waals surface area contributed by atoms with Crippen LogP contribution in [0.25, 0.3) is 0 Å². The van der Waals surface area contributed by atoms with Gasteiger partial charge in [-0.3, -0.25) is 0 Å².